The third-order valence-corrected chi connectivity index (χ3v) is 3.42. The van der Waals surface area contributed by atoms with Gasteiger partial charge in [0.25, 0.3) is 0 Å². The fraction of sp³-hybridized carbons (Fsp3) is 0.118. The molecule has 0 spiro atoms. The first-order valence-corrected chi connectivity index (χ1v) is 6.79. The van der Waals surface area contributed by atoms with Crippen molar-refractivity contribution in [1.82, 2.24) is 9.78 Å². The van der Waals surface area contributed by atoms with Gasteiger partial charge in [-0.15, -0.1) is 0 Å². The molecule has 0 aliphatic heterocycles. The Hall–Kier alpha value is -2.59. The number of benzene rings is 2. The van der Waals surface area contributed by atoms with E-state index in [0.717, 1.165) is 22.7 Å². The minimum Gasteiger partial charge on any atom is -0.496 e. The Balaban J connectivity index is 1.93. The molecule has 0 fully saturated rings. The summed E-state index contributed by atoms with van der Waals surface area (Å²) in [5, 5.41) is 4.57. The predicted molar refractivity (Wildman–Crippen MR) is 82.6 cm³/mol. The molecular formula is C17H17N3O. The highest BCUT2D eigenvalue weighted by atomic mass is 16.5. The van der Waals surface area contributed by atoms with E-state index < -0.39 is 0 Å². The number of methoxy groups -OCH3 is 1. The molecule has 106 valence electrons. The first kappa shape index (κ1) is 13.4. The van der Waals surface area contributed by atoms with Crippen molar-refractivity contribution < 1.29 is 4.74 Å². The number of rotatable bonds is 4. The van der Waals surface area contributed by atoms with Crippen molar-refractivity contribution in [3.63, 3.8) is 0 Å². The van der Waals surface area contributed by atoms with Crippen LogP contribution in [0.1, 0.15) is 17.3 Å². The molecule has 4 heteroatoms. The quantitative estimate of drug-likeness (QED) is 0.799. The lowest BCUT2D eigenvalue weighted by Gasteiger charge is -2.13. The highest BCUT2D eigenvalue weighted by Gasteiger charge is 2.16. The molecule has 0 saturated heterocycles. The zero-order valence-electron chi connectivity index (χ0n) is 11.8. The number of aromatic nitrogens is 2. The Labute approximate surface area is 123 Å². The van der Waals surface area contributed by atoms with E-state index in [1.807, 2.05) is 71.5 Å². The molecule has 3 rings (SSSR count). The first-order valence-electron chi connectivity index (χ1n) is 6.79. The monoisotopic (exact) mass is 279 g/mol. The molecule has 0 saturated carbocycles. The summed E-state index contributed by atoms with van der Waals surface area (Å²) >= 11 is 0. The van der Waals surface area contributed by atoms with Crippen LogP contribution in [0.15, 0.2) is 66.9 Å². The Morgan fingerprint density at radius 1 is 1.00 bits per heavy atom. The number of ether oxygens (including phenoxy) is 1. The van der Waals surface area contributed by atoms with Crippen LogP contribution in [0.5, 0.6) is 5.75 Å². The molecular weight excluding hydrogens is 262 g/mol. The summed E-state index contributed by atoms with van der Waals surface area (Å²) in [4.78, 5) is 0. The maximum atomic E-state index is 6.33. The van der Waals surface area contributed by atoms with E-state index in [1.54, 1.807) is 7.11 Å². The van der Waals surface area contributed by atoms with Crippen LogP contribution < -0.4 is 10.5 Å². The van der Waals surface area contributed by atoms with Gasteiger partial charge in [0.2, 0.25) is 0 Å². The molecule has 0 aliphatic carbocycles. The lowest BCUT2D eigenvalue weighted by atomic mass is 10.0. The van der Waals surface area contributed by atoms with Crippen LogP contribution >= 0.6 is 0 Å². The number of hydrogen-bond acceptors (Lipinski definition) is 3. The van der Waals surface area contributed by atoms with Crippen LogP contribution in [0.3, 0.4) is 0 Å². The number of para-hydroxylation sites is 2. The zero-order chi connectivity index (χ0) is 14.7. The molecule has 0 aliphatic rings. The fourth-order valence-corrected chi connectivity index (χ4v) is 2.31. The third-order valence-electron chi connectivity index (χ3n) is 3.42. The van der Waals surface area contributed by atoms with Gasteiger partial charge < -0.3 is 10.5 Å². The maximum Gasteiger partial charge on any atom is 0.124 e. The smallest absolute Gasteiger partial charge is 0.124 e. The second-order valence-electron chi connectivity index (χ2n) is 4.74. The standard InChI is InChI=1S/C17H17N3O/c1-21-16-10-6-5-9-14(16)17(18)15-11-12-20(19-15)13-7-3-2-4-8-13/h2-12,17H,18H2,1H3. The van der Waals surface area contributed by atoms with Gasteiger partial charge in [-0.1, -0.05) is 36.4 Å². The van der Waals surface area contributed by atoms with Crippen molar-refractivity contribution in [2.45, 2.75) is 6.04 Å². The summed E-state index contributed by atoms with van der Waals surface area (Å²) in [5.41, 5.74) is 9.08. The van der Waals surface area contributed by atoms with E-state index >= 15 is 0 Å². The Kier molecular flexibility index (Phi) is 3.71. The van der Waals surface area contributed by atoms with E-state index in [1.165, 1.54) is 0 Å². The average molecular weight is 279 g/mol. The van der Waals surface area contributed by atoms with E-state index in [2.05, 4.69) is 5.10 Å². The topological polar surface area (TPSA) is 53.1 Å². The van der Waals surface area contributed by atoms with Gasteiger partial charge in [-0.2, -0.15) is 5.10 Å². The zero-order valence-corrected chi connectivity index (χ0v) is 11.8. The number of hydrogen-bond donors (Lipinski definition) is 1. The van der Waals surface area contributed by atoms with E-state index in [0.29, 0.717) is 0 Å². The fourth-order valence-electron chi connectivity index (χ4n) is 2.31. The van der Waals surface area contributed by atoms with Gasteiger partial charge in [-0.25, -0.2) is 4.68 Å². The van der Waals surface area contributed by atoms with E-state index in [4.69, 9.17) is 10.5 Å². The summed E-state index contributed by atoms with van der Waals surface area (Å²) in [6.07, 6.45) is 1.92. The van der Waals surface area contributed by atoms with Crippen molar-refractivity contribution >= 4 is 0 Å². The Morgan fingerprint density at radius 2 is 1.71 bits per heavy atom. The molecule has 3 aromatic rings. The largest absolute Gasteiger partial charge is 0.496 e. The van der Waals surface area contributed by atoms with Crippen LogP contribution in [0.25, 0.3) is 5.69 Å². The van der Waals surface area contributed by atoms with Crippen molar-refractivity contribution in [2.24, 2.45) is 5.73 Å². The molecule has 1 atom stereocenters. The molecule has 2 N–H and O–H groups in total. The molecule has 0 amide bonds. The van der Waals surface area contributed by atoms with Gasteiger partial charge >= 0.3 is 0 Å². The molecule has 2 aromatic carbocycles. The Bertz CT molecular complexity index is 722. The van der Waals surface area contributed by atoms with Gasteiger partial charge in [0.05, 0.1) is 24.5 Å². The summed E-state index contributed by atoms with van der Waals surface area (Å²) in [7, 11) is 1.65. The molecule has 0 bridgehead atoms. The van der Waals surface area contributed by atoms with Crippen molar-refractivity contribution in [1.29, 1.82) is 0 Å². The number of nitrogens with zero attached hydrogens (tertiary/aromatic N) is 2. The minimum absolute atomic E-state index is 0.314. The normalized spacial score (nSPS) is 12.1. The number of nitrogens with two attached hydrogens (primary N) is 1. The molecule has 0 radical (unpaired) electrons. The summed E-state index contributed by atoms with van der Waals surface area (Å²) < 4.78 is 7.19. The second-order valence-corrected chi connectivity index (χ2v) is 4.74. The third kappa shape index (κ3) is 2.66. The minimum atomic E-state index is -0.314. The van der Waals surface area contributed by atoms with Crippen molar-refractivity contribution in [3.05, 3.63) is 78.1 Å². The van der Waals surface area contributed by atoms with Crippen LogP contribution in [0.2, 0.25) is 0 Å². The maximum absolute atomic E-state index is 6.33. The van der Waals surface area contributed by atoms with Crippen LogP contribution in [-0.4, -0.2) is 16.9 Å². The molecule has 1 aromatic heterocycles. The lowest BCUT2D eigenvalue weighted by molar-refractivity contribution is 0.407. The second kappa shape index (κ2) is 5.81. The van der Waals surface area contributed by atoms with Crippen molar-refractivity contribution in [3.8, 4) is 11.4 Å². The highest BCUT2D eigenvalue weighted by molar-refractivity contribution is 5.40. The van der Waals surface area contributed by atoms with Gasteiger partial charge in [-0.3, -0.25) is 0 Å². The lowest BCUT2D eigenvalue weighted by Crippen LogP contribution is -2.14. The van der Waals surface area contributed by atoms with Gasteiger partial charge in [0, 0.05) is 11.8 Å². The predicted octanol–water partition coefficient (Wildman–Crippen LogP) is 2.93. The first-order chi connectivity index (χ1) is 10.3. The molecule has 1 unspecified atom stereocenters. The molecule has 1 heterocycles. The van der Waals surface area contributed by atoms with Crippen LogP contribution in [-0.2, 0) is 0 Å². The average Bonchev–Trinajstić information content (AvgIpc) is 3.05. The highest BCUT2D eigenvalue weighted by Crippen LogP contribution is 2.27. The summed E-state index contributed by atoms with van der Waals surface area (Å²) in [6, 6.07) is 19.3. The van der Waals surface area contributed by atoms with Gasteiger partial charge in [0.15, 0.2) is 0 Å². The SMILES string of the molecule is COc1ccccc1C(N)c1ccn(-c2ccccc2)n1. The van der Waals surface area contributed by atoms with Crippen LogP contribution in [0, 0.1) is 0 Å². The Morgan fingerprint density at radius 3 is 2.48 bits per heavy atom. The molecule has 21 heavy (non-hydrogen) atoms. The molecule has 4 nitrogen and oxygen atoms in total. The van der Waals surface area contributed by atoms with Crippen molar-refractivity contribution in [2.75, 3.05) is 7.11 Å². The van der Waals surface area contributed by atoms with Gasteiger partial charge in [0.1, 0.15) is 5.75 Å². The summed E-state index contributed by atoms with van der Waals surface area (Å²) in [5.74, 6) is 0.777. The van der Waals surface area contributed by atoms with E-state index in [-0.39, 0.29) is 6.04 Å². The van der Waals surface area contributed by atoms with Gasteiger partial charge in [-0.05, 0) is 24.3 Å². The summed E-state index contributed by atoms with van der Waals surface area (Å²) in [6.45, 7) is 0. The van der Waals surface area contributed by atoms with Crippen LogP contribution in [0.4, 0.5) is 0 Å². The van der Waals surface area contributed by atoms with E-state index in [9.17, 15) is 0 Å².